The Kier molecular flexibility index (Phi) is 6.14. The number of methoxy groups -OCH3 is 1. The molecule has 0 saturated carbocycles. The van der Waals surface area contributed by atoms with Crippen LogP contribution in [0.3, 0.4) is 0 Å². The number of hydrogen-bond donors (Lipinski definition) is 1. The van der Waals surface area contributed by atoms with E-state index in [-0.39, 0.29) is 18.2 Å². The lowest BCUT2D eigenvalue weighted by Gasteiger charge is -2.15. The average molecular weight is 390 g/mol. The van der Waals surface area contributed by atoms with Crippen molar-refractivity contribution in [2.75, 3.05) is 12.4 Å². The average Bonchev–Trinajstić information content (AvgIpc) is 2.67. The zero-order valence-corrected chi connectivity index (χ0v) is 15.4. The van der Waals surface area contributed by atoms with Crippen molar-refractivity contribution in [3.8, 4) is 11.5 Å². The minimum absolute atomic E-state index is 0.240. The summed E-state index contributed by atoms with van der Waals surface area (Å²) in [5, 5.41) is 3.60. The third-order valence-corrected chi connectivity index (χ3v) is 4.21. The van der Waals surface area contributed by atoms with Crippen LogP contribution in [-0.2, 0) is 13.2 Å². The van der Waals surface area contributed by atoms with Crippen LogP contribution in [-0.4, -0.2) is 7.11 Å². The van der Waals surface area contributed by atoms with Crippen molar-refractivity contribution in [3.63, 3.8) is 0 Å². The molecule has 1 N–H and O–H groups in total. The van der Waals surface area contributed by atoms with Gasteiger partial charge in [0.05, 0.1) is 12.1 Å². The molecule has 3 aromatic rings. The highest BCUT2D eigenvalue weighted by atomic mass is 35.5. The summed E-state index contributed by atoms with van der Waals surface area (Å²) in [5.41, 5.74) is 2.50. The summed E-state index contributed by atoms with van der Waals surface area (Å²) in [6, 6.07) is 15.8. The van der Waals surface area contributed by atoms with Crippen LogP contribution in [0.4, 0.5) is 14.5 Å². The summed E-state index contributed by atoms with van der Waals surface area (Å²) in [6.07, 6.45) is 0. The molecule has 0 amide bonds. The first kappa shape index (κ1) is 19.0. The van der Waals surface area contributed by atoms with Crippen LogP contribution in [0.1, 0.15) is 11.1 Å². The SMILES string of the molecule is COc1cc(CNc2ccc(F)cc2)cc(Cl)c1OCc1ccc(F)cc1. The van der Waals surface area contributed by atoms with Gasteiger partial charge in [0.1, 0.15) is 18.2 Å². The summed E-state index contributed by atoms with van der Waals surface area (Å²) >= 11 is 6.36. The Morgan fingerprint density at radius 1 is 0.889 bits per heavy atom. The van der Waals surface area contributed by atoms with Crippen molar-refractivity contribution in [2.45, 2.75) is 13.2 Å². The van der Waals surface area contributed by atoms with Crippen LogP contribution in [0, 0.1) is 11.6 Å². The molecule has 3 rings (SSSR count). The molecule has 0 bridgehead atoms. The highest BCUT2D eigenvalue weighted by Crippen LogP contribution is 2.37. The first-order valence-corrected chi connectivity index (χ1v) is 8.66. The van der Waals surface area contributed by atoms with Crippen molar-refractivity contribution in [1.82, 2.24) is 0 Å². The maximum Gasteiger partial charge on any atom is 0.180 e. The van der Waals surface area contributed by atoms with E-state index in [0.717, 1.165) is 16.8 Å². The van der Waals surface area contributed by atoms with Crippen molar-refractivity contribution in [3.05, 3.63) is 88.4 Å². The summed E-state index contributed by atoms with van der Waals surface area (Å²) in [5.74, 6) is 0.342. The second-order valence-electron chi connectivity index (χ2n) is 5.88. The van der Waals surface area contributed by atoms with Gasteiger partial charge >= 0.3 is 0 Å². The third-order valence-electron chi connectivity index (χ3n) is 3.93. The van der Waals surface area contributed by atoms with Gasteiger partial charge in [0.15, 0.2) is 11.5 Å². The third kappa shape index (κ3) is 5.11. The molecule has 0 radical (unpaired) electrons. The predicted octanol–water partition coefficient (Wildman–Crippen LogP) is 5.82. The maximum absolute atomic E-state index is 13.0. The Hall–Kier alpha value is -2.79. The maximum atomic E-state index is 13.0. The molecule has 0 heterocycles. The first-order valence-electron chi connectivity index (χ1n) is 8.28. The van der Waals surface area contributed by atoms with Crippen molar-refractivity contribution >= 4 is 17.3 Å². The van der Waals surface area contributed by atoms with Gasteiger partial charge in [-0.25, -0.2) is 8.78 Å². The molecule has 0 atom stereocenters. The Morgan fingerprint density at radius 3 is 2.15 bits per heavy atom. The van der Waals surface area contributed by atoms with Gasteiger partial charge in [-0.05, 0) is 59.7 Å². The highest BCUT2D eigenvalue weighted by molar-refractivity contribution is 6.32. The molecule has 3 nitrogen and oxygen atoms in total. The lowest BCUT2D eigenvalue weighted by atomic mass is 10.2. The van der Waals surface area contributed by atoms with E-state index in [2.05, 4.69) is 5.32 Å². The van der Waals surface area contributed by atoms with Crippen molar-refractivity contribution in [2.24, 2.45) is 0 Å². The molecular formula is C21H18ClF2NO2. The van der Waals surface area contributed by atoms with E-state index in [0.29, 0.717) is 23.1 Å². The lowest BCUT2D eigenvalue weighted by Crippen LogP contribution is -2.02. The fourth-order valence-electron chi connectivity index (χ4n) is 2.52. The zero-order valence-electron chi connectivity index (χ0n) is 14.6. The molecular weight excluding hydrogens is 372 g/mol. The second kappa shape index (κ2) is 8.73. The van der Waals surface area contributed by atoms with Gasteiger partial charge < -0.3 is 14.8 Å². The van der Waals surface area contributed by atoms with Crippen LogP contribution in [0.5, 0.6) is 11.5 Å². The summed E-state index contributed by atoms with van der Waals surface area (Å²) in [7, 11) is 1.54. The van der Waals surface area contributed by atoms with E-state index in [9.17, 15) is 8.78 Å². The number of benzene rings is 3. The van der Waals surface area contributed by atoms with Crippen LogP contribution >= 0.6 is 11.6 Å². The largest absolute Gasteiger partial charge is 0.493 e. The molecule has 3 aromatic carbocycles. The smallest absolute Gasteiger partial charge is 0.180 e. The molecule has 0 aliphatic carbocycles. The van der Waals surface area contributed by atoms with Crippen molar-refractivity contribution < 1.29 is 18.3 Å². The van der Waals surface area contributed by atoms with Gasteiger partial charge in [-0.1, -0.05) is 23.7 Å². The Bertz CT molecular complexity index is 899. The fraction of sp³-hybridized carbons (Fsp3) is 0.143. The van der Waals surface area contributed by atoms with Crippen LogP contribution in [0.25, 0.3) is 0 Å². The molecule has 0 spiro atoms. The van der Waals surface area contributed by atoms with E-state index in [1.165, 1.54) is 31.4 Å². The Morgan fingerprint density at radius 2 is 1.52 bits per heavy atom. The minimum Gasteiger partial charge on any atom is -0.493 e. The minimum atomic E-state index is -0.299. The van der Waals surface area contributed by atoms with Crippen LogP contribution < -0.4 is 14.8 Å². The van der Waals surface area contributed by atoms with Crippen molar-refractivity contribution in [1.29, 1.82) is 0 Å². The van der Waals surface area contributed by atoms with E-state index >= 15 is 0 Å². The number of anilines is 1. The van der Waals surface area contributed by atoms with Gasteiger partial charge in [-0.2, -0.15) is 0 Å². The summed E-state index contributed by atoms with van der Waals surface area (Å²) in [4.78, 5) is 0. The predicted molar refractivity (Wildman–Crippen MR) is 102 cm³/mol. The second-order valence-corrected chi connectivity index (χ2v) is 6.29. The van der Waals surface area contributed by atoms with Gasteiger partial charge in [-0.15, -0.1) is 0 Å². The van der Waals surface area contributed by atoms with Gasteiger partial charge in [0, 0.05) is 12.2 Å². The zero-order chi connectivity index (χ0) is 19.2. The topological polar surface area (TPSA) is 30.5 Å². The first-order chi connectivity index (χ1) is 13.0. The fourth-order valence-corrected chi connectivity index (χ4v) is 2.81. The van der Waals surface area contributed by atoms with Gasteiger partial charge in [0.25, 0.3) is 0 Å². The quantitative estimate of drug-likeness (QED) is 0.552. The van der Waals surface area contributed by atoms with Gasteiger partial charge in [-0.3, -0.25) is 0 Å². The number of nitrogens with one attached hydrogen (secondary N) is 1. The molecule has 0 unspecified atom stereocenters. The molecule has 0 fully saturated rings. The Balaban J connectivity index is 1.70. The number of halogens is 3. The summed E-state index contributed by atoms with van der Waals surface area (Å²) < 4.78 is 37.1. The lowest BCUT2D eigenvalue weighted by molar-refractivity contribution is 0.284. The molecule has 27 heavy (non-hydrogen) atoms. The van der Waals surface area contributed by atoms with E-state index in [1.807, 2.05) is 6.07 Å². The molecule has 0 aliphatic rings. The summed E-state index contributed by atoms with van der Waals surface area (Å²) in [6.45, 7) is 0.726. The molecule has 0 saturated heterocycles. The normalized spacial score (nSPS) is 10.5. The number of hydrogen-bond acceptors (Lipinski definition) is 3. The standard InChI is InChI=1S/C21H18ClF2NO2/c1-26-20-11-15(12-25-18-8-6-17(24)7-9-18)10-19(22)21(20)27-13-14-2-4-16(23)5-3-14/h2-11,25H,12-13H2,1H3. The van der Waals surface area contributed by atoms with Crippen LogP contribution in [0.15, 0.2) is 60.7 Å². The van der Waals surface area contributed by atoms with E-state index in [1.54, 1.807) is 30.3 Å². The monoisotopic (exact) mass is 389 g/mol. The molecule has 0 aromatic heterocycles. The number of rotatable bonds is 7. The Labute approximate surface area is 161 Å². The molecule has 6 heteroatoms. The highest BCUT2D eigenvalue weighted by Gasteiger charge is 2.12. The number of ether oxygens (including phenoxy) is 2. The molecule has 0 aliphatic heterocycles. The molecule has 140 valence electrons. The van der Waals surface area contributed by atoms with E-state index in [4.69, 9.17) is 21.1 Å². The van der Waals surface area contributed by atoms with Crippen LogP contribution in [0.2, 0.25) is 5.02 Å². The van der Waals surface area contributed by atoms with Gasteiger partial charge in [0.2, 0.25) is 0 Å². The van der Waals surface area contributed by atoms with E-state index < -0.39 is 0 Å².